The van der Waals surface area contributed by atoms with Gasteiger partial charge < -0.3 is 10.4 Å². The number of carbonyl (C=O) groups excluding carboxylic acids is 1. The minimum absolute atomic E-state index is 0.195. The van der Waals surface area contributed by atoms with Crippen LogP contribution in [-0.2, 0) is 11.2 Å². The van der Waals surface area contributed by atoms with Gasteiger partial charge in [-0.1, -0.05) is 24.3 Å². The van der Waals surface area contributed by atoms with Gasteiger partial charge in [0, 0.05) is 24.4 Å². The topological polar surface area (TPSA) is 79.3 Å². The van der Waals surface area contributed by atoms with Crippen LogP contribution in [0.25, 0.3) is 0 Å². The number of nitrogens with zero attached hydrogens (tertiary/aromatic N) is 1. The molecule has 0 aliphatic carbocycles. The van der Waals surface area contributed by atoms with Crippen LogP contribution in [0.15, 0.2) is 48.8 Å². The van der Waals surface area contributed by atoms with E-state index in [0.717, 1.165) is 11.1 Å². The fourth-order valence-corrected chi connectivity index (χ4v) is 2.02. The molecular formula is C16H16N2O3. The molecule has 1 aromatic carbocycles. The molecule has 2 aromatic rings. The third-order valence-corrected chi connectivity index (χ3v) is 3.16. The van der Waals surface area contributed by atoms with Gasteiger partial charge in [0.1, 0.15) is 6.04 Å². The van der Waals surface area contributed by atoms with E-state index in [1.54, 1.807) is 36.7 Å². The van der Waals surface area contributed by atoms with Crippen LogP contribution in [-0.4, -0.2) is 28.0 Å². The lowest BCUT2D eigenvalue weighted by Crippen LogP contribution is -2.42. The molecule has 1 amide bonds. The van der Waals surface area contributed by atoms with Gasteiger partial charge in [0.25, 0.3) is 5.91 Å². The number of carboxylic acids is 1. The molecular weight excluding hydrogens is 268 g/mol. The highest BCUT2D eigenvalue weighted by molar-refractivity contribution is 5.97. The van der Waals surface area contributed by atoms with Gasteiger partial charge in [-0.25, -0.2) is 4.79 Å². The summed E-state index contributed by atoms with van der Waals surface area (Å²) in [5, 5.41) is 11.8. The van der Waals surface area contributed by atoms with Crippen LogP contribution >= 0.6 is 0 Å². The number of nitrogens with one attached hydrogen (secondary N) is 1. The summed E-state index contributed by atoms with van der Waals surface area (Å²) in [6, 6.07) is 9.59. The number of benzene rings is 1. The minimum atomic E-state index is -1.07. The minimum Gasteiger partial charge on any atom is -0.480 e. The molecule has 0 radical (unpaired) electrons. The molecule has 1 aromatic heterocycles. The Kier molecular flexibility index (Phi) is 4.66. The van der Waals surface area contributed by atoms with Crippen molar-refractivity contribution in [1.29, 1.82) is 0 Å². The van der Waals surface area contributed by atoms with Crippen LogP contribution in [0.3, 0.4) is 0 Å². The Bertz CT molecular complexity index is 641. The smallest absolute Gasteiger partial charge is 0.326 e. The molecule has 1 heterocycles. The molecule has 5 heteroatoms. The van der Waals surface area contributed by atoms with E-state index >= 15 is 0 Å². The van der Waals surface area contributed by atoms with Gasteiger partial charge in [0.15, 0.2) is 0 Å². The first-order valence-corrected chi connectivity index (χ1v) is 6.56. The van der Waals surface area contributed by atoms with E-state index in [4.69, 9.17) is 0 Å². The van der Waals surface area contributed by atoms with E-state index in [9.17, 15) is 14.7 Å². The Morgan fingerprint density at radius 2 is 2.00 bits per heavy atom. The first kappa shape index (κ1) is 14.7. The van der Waals surface area contributed by atoms with Crippen LogP contribution in [0.4, 0.5) is 0 Å². The standard InChI is InChI=1S/C16H16N2O3/c1-11-5-2-3-7-13(11)15(19)18-14(16(20)21)9-12-6-4-8-17-10-12/h2-8,10,14H,9H2,1H3,(H,18,19)(H,20,21). The number of aryl methyl sites for hydroxylation is 1. The molecule has 0 saturated carbocycles. The fourth-order valence-electron chi connectivity index (χ4n) is 2.02. The third-order valence-electron chi connectivity index (χ3n) is 3.16. The lowest BCUT2D eigenvalue weighted by molar-refractivity contribution is -0.139. The van der Waals surface area contributed by atoms with E-state index in [0.29, 0.717) is 5.56 Å². The Labute approximate surface area is 122 Å². The van der Waals surface area contributed by atoms with Crippen molar-refractivity contribution in [3.63, 3.8) is 0 Å². The van der Waals surface area contributed by atoms with E-state index < -0.39 is 12.0 Å². The van der Waals surface area contributed by atoms with E-state index in [2.05, 4.69) is 10.3 Å². The maximum Gasteiger partial charge on any atom is 0.326 e. The van der Waals surface area contributed by atoms with Gasteiger partial charge in [-0.05, 0) is 30.2 Å². The van der Waals surface area contributed by atoms with Crippen molar-refractivity contribution in [3.8, 4) is 0 Å². The monoisotopic (exact) mass is 284 g/mol. The summed E-state index contributed by atoms with van der Waals surface area (Å²) in [6.07, 6.45) is 3.40. The molecule has 1 unspecified atom stereocenters. The summed E-state index contributed by atoms with van der Waals surface area (Å²) in [5.41, 5.74) is 2.05. The van der Waals surface area contributed by atoms with Gasteiger partial charge in [0.05, 0.1) is 0 Å². The van der Waals surface area contributed by atoms with E-state index in [1.165, 1.54) is 0 Å². The highest BCUT2D eigenvalue weighted by Gasteiger charge is 2.21. The van der Waals surface area contributed by atoms with Crippen molar-refractivity contribution in [2.75, 3.05) is 0 Å². The maximum absolute atomic E-state index is 12.2. The Balaban J connectivity index is 2.12. The summed E-state index contributed by atoms with van der Waals surface area (Å²) in [6.45, 7) is 1.81. The lowest BCUT2D eigenvalue weighted by atomic mass is 10.1. The van der Waals surface area contributed by atoms with Gasteiger partial charge in [-0.2, -0.15) is 0 Å². The molecule has 2 rings (SSSR count). The summed E-state index contributed by atoms with van der Waals surface area (Å²) in [4.78, 5) is 27.4. The summed E-state index contributed by atoms with van der Waals surface area (Å²) in [5.74, 6) is -1.45. The number of hydrogen-bond acceptors (Lipinski definition) is 3. The van der Waals surface area contributed by atoms with Crippen molar-refractivity contribution in [2.24, 2.45) is 0 Å². The first-order valence-electron chi connectivity index (χ1n) is 6.56. The number of amides is 1. The van der Waals surface area contributed by atoms with Crippen LogP contribution in [0.1, 0.15) is 21.5 Å². The molecule has 5 nitrogen and oxygen atoms in total. The molecule has 0 saturated heterocycles. The van der Waals surface area contributed by atoms with Crippen LogP contribution in [0.2, 0.25) is 0 Å². The van der Waals surface area contributed by atoms with Crippen LogP contribution < -0.4 is 5.32 Å². The quantitative estimate of drug-likeness (QED) is 0.877. The number of aromatic nitrogens is 1. The van der Waals surface area contributed by atoms with E-state index in [1.807, 2.05) is 19.1 Å². The zero-order chi connectivity index (χ0) is 15.2. The number of carbonyl (C=O) groups is 2. The normalized spacial score (nSPS) is 11.7. The molecule has 0 fully saturated rings. The predicted molar refractivity (Wildman–Crippen MR) is 78.0 cm³/mol. The van der Waals surface area contributed by atoms with Gasteiger partial charge in [-0.3, -0.25) is 9.78 Å². The van der Waals surface area contributed by atoms with Crippen molar-refractivity contribution in [2.45, 2.75) is 19.4 Å². The first-order chi connectivity index (χ1) is 10.1. The molecule has 0 spiro atoms. The molecule has 0 aliphatic rings. The summed E-state index contributed by atoms with van der Waals surface area (Å²) in [7, 11) is 0. The van der Waals surface area contributed by atoms with Crippen molar-refractivity contribution >= 4 is 11.9 Å². The molecule has 0 aliphatic heterocycles. The SMILES string of the molecule is Cc1ccccc1C(=O)NC(Cc1cccnc1)C(=O)O. The van der Waals surface area contributed by atoms with Crippen LogP contribution in [0.5, 0.6) is 0 Å². The number of carboxylic acid groups (broad SMARTS) is 1. The number of aliphatic carboxylic acids is 1. The Hall–Kier alpha value is -2.69. The number of pyridine rings is 1. The molecule has 0 bridgehead atoms. The number of rotatable bonds is 5. The highest BCUT2D eigenvalue weighted by Crippen LogP contribution is 2.08. The molecule has 2 N–H and O–H groups in total. The van der Waals surface area contributed by atoms with Crippen LogP contribution in [0, 0.1) is 6.92 Å². The summed E-state index contributed by atoms with van der Waals surface area (Å²) >= 11 is 0. The Morgan fingerprint density at radius 1 is 1.24 bits per heavy atom. The second-order valence-electron chi connectivity index (χ2n) is 4.74. The summed E-state index contributed by atoms with van der Waals surface area (Å²) < 4.78 is 0. The van der Waals surface area contributed by atoms with Gasteiger partial charge in [-0.15, -0.1) is 0 Å². The van der Waals surface area contributed by atoms with Crippen molar-refractivity contribution < 1.29 is 14.7 Å². The average Bonchev–Trinajstić information content (AvgIpc) is 2.48. The second kappa shape index (κ2) is 6.65. The van der Waals surface area contributed by atoms with Gasteiger partial charge >= 0.3 is 5.97 Å². The fraction of sp³-hybridized carbons (Fsp3) is 0.188. The van der Waals surface area contributed by atoms with Gasteiger partial charge in [0.2, 0.25) is 0 Å². The highest BCUT2D eigenvalue weighted by atomic mass is 16.4. The maximum atomic E-state index is 12.2. The number of hydrogen-bond donors (Lipinski definition) is 2. The lowest BCUT2D eigenvalue weighted by Gasteiger charge is -2.15. The van der Waals surface area contributed by atoms with Crippen molar-refractivity contribution in [3.05, 3.63) is 65.5 Å². The molecule has 21 heavy (non-hydrogen) atoms. The van der Waals surface area contributed by atoms with Crippen molar-refractivity contribution in [1.82, 2.24) is 10.3 Å². The zero-order valence-corrected chi connectivity index (χ0v) is 11.6. The predicted octanol–water partition coefficient (Wildman–Crippen LogP) is 1.82. The molecule has 108 valence electrons. The average molecular weight is 284 g/mol. The molecule has 1 atom stereocenters. The Morgan fingerprint density at radius 3 is 2.62 bits per heavy atom. The third kappa shape index (κ3) is 3.89. The van der Waals surface area contributed by atoms with E-state index in [-0.39, 0.29) is 12.3 Å². The largest absolute Gasteiger partial charge is 0.480 e. The second-order valence-corrected chi connectivity index (χ2v) is 4.74. The zero-order valence-electron chi connectivity index (χ0n) is 11.6.